The average molecular weight is 458 g/mol. The van der Waals surface area contributed by atoms with E-state index in [2.05, 4.69) is 4.98 Å². The molecular weight excluding hydrogens is 441 g/mol. The van der Waals surface area contributed by atoms with Gasteiger partial charge in [0.2, 0.25) is 0 Å². The molecule has 0 aliphatic carbocycles. The minimum atomic E-state index is -5.03. The van der Waals surface area contributed by atoms with Gasteiger partial charge in [0.05, 0.1) is 35.7 Å². The quantitative estimate of drug-likeness (QED) is 0.470. The van der Waals surface area contributed by atoms with Crippen molar-refractivity contribution in [2.75, 3.05) is 18.6 Å². The number of hydrogen-bond donors (Lipinski definition) is 1. The van der Waals surface area contributed by atoms with E-state index in [4.69, 9.17) is 0 Å². The van der Waals surface area contributed by atoms with Crippen LogP contribution < -0.4 is 4.90 Å². The molecule has 10 heteroatoms. The van der Waals surface area contributed by atoms with Crippen LogP contribution in [-0.4, -0.2) is 23.7 Å². The monoisotopic (exact) mass is 458 g/mol. The fraction of sp³-hybridized carbons (Fsp3) is 0.227. The van der Waals surface area contributed by atoms with Crippen molar-refractivity contribution < 1.29 is 35.8 Å². The number of pyridine rings is 1. The minimum Gasteiger partial charge on any atom is -0.394 e. The lowest BCUT2D eigenvalue weighted by molar-refractivity contribution is -0.143. The van der Waals surface area contributed by atoms with Crippen molar-refractivity contribution in [1.82, 2.24) is 4.98 Å². The van der Waals surface area contributed by atoms with E-state index in [1.807, 2.05) is 0 Å². The van der Waals surface area contributed by atoms with Crippen LogP contribution in [0.1, 0.15) is 22.7 Å². The molecule has 0 fully saturated rings. The molecular formula is C22H17F7N2O. The zero-order valence-corrected chi connectivity index (χ0v) is 16.5. The van der Waals surface area contributed by atoms with Gasteiger partial charge in [0.15, 0.2) is 0 Å². The summed E-state index contributed by atoms with van der Waals surface area (Å²) in [4.78, 5) is 5.21. The molecule has 0 saturated carbocycles. The van der Waals surface area contributed by atoms with E-state index in [0.29, 0.717) is 17.7 Å². The number of rotatable bonds is 5. The normalized spacial score (nSPS) is 13.2. The number of benzene rings is 2. The Morgan fingerprint density at radius 1 is 0.906 bits per heavy atom. The maximum Gasteiger partial charge on any atom is 0.416 e. The van der Waals surface area contributed by atoms with E-state index in [1.54, 1.807) is 6.07 Å². The highest BCUT2D eigenvalue weighted by molar-refractivity contribution is 5.78. The summed E-state index contributed by atoms with van der Waals surface area (Å²) < 4.78 is 93.9. The molecule has 3 nitrogen and oxygen atoms in total. The first-order valence-electron chi connectivity index (χ1n) is 9.25. The fourth-order valence-corrected chi connectivity index (χ4v) is 3.37. The smallest absolute Gasteiger partial charge is 0.394 e. The van der Waals surface area contributed by atoms with E-state index in [1.165, 1.54) is 48.6 Å². The van der Waals surface area contributed by atoms with Crippen LogP contribution in [0, 0.1) is 5.82 Å². The molecule has 32 heavy (non-hydrogen) atoms. The van der Waals surface area contributed by atoms with Crippen LogP contribution in [0.4, 0.5) is 36.4 Å². The lowest BCUT2D eigenvalue weighted by atomic mass is 9.97. The van der Waals surface area contributed by atoms with Gasteiger partial charge >= 0.3 is 12.4 Å². The summed E-state index contributed by atoms with van der Waals surface area (Å²) in [6.07, 6.45) is -7.38. The van der Waals surface area contributed by atoms with Crippen LogP contribution in [0.2, 0.25) is 0 Å². The topological polar surface area (TPSA) is 36.4 Å². The molecule has 0 spiro atoms. The van der Waals surface area contributed by atoms with Gasteiger partial charge < -0.3 is 10.0 Å². The number of anilines is 1. The Morgan fingerprint density at radius 3 is 2.03 bits per heavy atom. The summed E-state index contributed by atoms with van der Waals surface area (Å²) >= 11 is 0. The van der Waals surface area contributed by atoms with E-state index >= 15 is 0 Å². The molecule has 1 unspecified atom stereocenters. The van der Waals surface area contributed by atoms with Crippen molar-refractivity contribution in [2.45, 2.75) is 18.4 Å². The molecule has 0 saturated heterocycles. The van der Waals surface area contributed by atoms with Gasteiger partial charge in [0.25, 0.3) is 0 Å². The maximum absolute atomic E-state index is 14.4. The third-order valence-corrected chi connectivity index (χ3v) is 4.98. The maximum atomic E-state index is 14.4. The summed E-state index contributed by atoms with van der Waals surface area (Å²) in [7, 11) is 1.37. The van der Waals surface area contributed by atoms with Crippen LogP contribution in [-0.2, 0) is 12.4 Å². The number of nitrogens with zero attached hydrogens (tertiary/aromatic N) is 2. The number of aromatic nitrogens is 1. The van der Waals surface area contributed by atoms with Gasteiger partial charge in [-0.1, -0.05) is 18.2 Å². The number of alkyl halides is 6. The van der Waals surface area contributed by atoms with Crippen molar-refractivity contribution in [3.8, 4) is 11.1 Å². The second-order valence-corrected chi connectivity index (χ2v) is 7.02. The Bertz CT molecular complexity index is 1060. The third kappa shape index (κ3) is 4.85. The highest BCUT2D eigenvalue weighted by atomic mass is 19.4. The van der Waals surface area contributed by atoms with Crippen molar-refractivity contribution in [2.24, 2.45) is 0 Å². The Balaban J connectivity index is 2.14. The number of aliphatic hydroxyl groups excluding tert-OH is 1. The Kier molecular flexibility index (Phi) is 6.45. The largest absolute Gasteiger partial charge is 0.416 e. The lowest BCUT2D eigenvalue weighted by Crippen LogP contribution is -2.28. The van der Waals surface area contributed by atoms with E-state index < -0.39 is 47.5 Å². The second kappa shape index (κ2) is 8.78. The van der Waals surface area contributed by atoms with Gasteiger partial charge in [0.1, 0.15) is 5.82 Å². The zero-order chi connectivity index (χ0) is 23.7. The van der Waals surface area contributed by atoms with Gasteiger partial charge in [-0.15, -0.1) is 0 Å². The van der Waals surface area contributed by atoms with Crippen LogP contribution in [0.3, 0.4) is 0 Å². The molecule has 1 N–H and O–H groups in total. The molecule has 2 aromatic carbocycles. The first kappa shape index (κ1) is 23.5. The molecule has 170 valence electrons. The lowest BCUT2D eigenvalue weighted by Gasteiger charge is -2.31. The first-order valence-corrected chi connectivity index (χ1v) is 9.25. The third-order valence-electron chi connectivity index (χ3n) is 4.98. The number of aliphatic hydroxyl groups is 1. The van der Waals surface area contributed by atoms with Gasteiger partial charge in [-0.05, 0) is 35.9 Å². The van der Waals surface area contributed by atoms with Gasteiger partial charge in [0, 0.05) is 24.4 Å². The number of hydrogen-bond acceptors (Lipinski definition) is 3. The zero-order valence-electron chi connectivity index (χ0n) is 16.5. The molecule has 1 aromatic heterocycles. The average Bonchev–Trinajstić information content (AvgIpc) is 2.73. The highest BCUT2D eigenvalue weighted by Crippen LogP contribution is 2.40. The molecule has 0 aliphatic rings. The minimum absolute atomic E-state index is 0.0206. The molecule has 0 radical (unpaired) electrons. The van der Waals surface area contributed by atoms with E-state index in [-0.39, 0.29) is 17.3 Å². The molecule has 1 heterocycles. The van der Waals surface area contributed by atoms with Crippen LogP contribution >= 0.6 is 0 Å². The van der Waals surface area contributed by atoms with Crippen LogP contribution in [0.25, 0.3) is 11.1 Å². The summed E-state index contributed by atoms with van der Waals surface area (Å²) in [6.45, 7) is -0.805. The fourth-order valence-electron chi connectivity index (χ4n) is 3.37. The Hall–Kier alpha value is -3.14. The van der Waals surface area contributed by atoms with Crippen LogP contribution in [0.5, 0.6) is 0 Å². The van der Waals surface area contributed by atoms with Crippen molar-refractivity contribution >= 4 is 5.69 Å². The molecule has 3 rings (SSSR count). The van der Waals surface area contributed by atoms with Crippen molar-refractivity contribution in [3.05, 3.63) is 83.4 Å². The molecule has 0 aliphatic heterocycles. The molecule has 0 amide bonds. The summed E-state index contributed by atoms with van der Waals surface area (Å²) in [6, 6.07) is 7.05. The summed E-state index contributed by atoms with van der Waals surface area (Å²) in [5.74, 6) is -0.577. The van der Waals surface area contributed by atoms with Gasteiger partial charge in [-0.2, -0.15) is 26.3 Å². The number of halogens is 7. The number of likely N-dealkylation sites (N-methyl/N-ethyl adjacent to an activating group) is 1. The SMILES string of the molecule is CN(c1cnccc1-c1ccccc1F)C(CO)c1cc(C(F)(F)F)cc(C(F)(F)F)c1. The molecule has 3 aromatic rings. The highest BCUT2D eigenvalue weighted by Gasteiger charge is 2.38. The van der Waals surface area contributed by atoms with Crippen molar-refractivity contribution in [1.29, 1.82) is 0 Å². The Morgan fingerprint density at radius 2 is 1.50 bits per heavy atom. The van der Waals surface area contributed by atoms with E-state index in [0.717, 1.165) is 0 Å². The predicted molar refractivity (Wildman–Crippen MR) is 104 cm³/mol. The van der Waals surface area contributed by atoms with Crippen LogP contribution in [0.15, 0.2) is 60.9 Å². The summed E-state index contributed by atoms with van der Waals surface area (Å²) in [5, 5.41) is 9.92. The van der Waals surface area contributed by atoms with Gasteiger partial charge in [-0.25, -0.2) is 4.39 Å². The predicted octanol–water partition coefficient (Wildman–Crippen LogP) is 6.10. The van der Waals surface area contributed by atoms with Gasteiger partial charge in [-0.3, -0.25) is 4.98 Å². The first-order chi connectivity index (χ1) is 14.9. The standard InChI is InChI=1S/C22H17F7N2O/c1-31(19-11-30-7-6-17(19)16-4-2-3-5-18(16)23)20(12-32)13-8-14(21(24,25)26)10-15(9-13)22(27,28)29/h2-11,20,32H,12H2,1H3. The molecule has 0 bridgehead atoms. The molecule has 1 atom stereocenters. The Labute approximate surface area is 178 Å². The summed E-state index contributed by atoms with van der Waals surface area (Å²) in [5.41, 5.74) is -2.71. The second-order valence-electron chi connectivity index (χ2n) is 7.02. The van der Waals surface area contributed by atoms with Crippen molar-refractivity contribution in [3.63, 3.8) is 0 Å². The van der Waals surface area contributed by atoms with E-state index in [9.17, 15) is 35.8 Å².